The van der Waals surface area contributed by atoms with Crippen molar-refractivity contribution in [2.75, 3.05) is 11.7 Å². The Hall–Kier alpha value is -5.07. The molecule has 0 N–H and O–H groups in total. The fourth-order valence-electron chi connectivity index (χ4n) is 7.16. The normalized spacial score (nSPS) is 19.3. The van der Waals surface area contributed by atoms with Gasteiger partial charge in [0.2, 0.25) is 0 Å². The van der Waals surface area contributed by atoms with Gasteiger partial charge in [-0.2, -0.15) is 0 Å². The minimum atomic E-state index is -4.68. The van der Waals surface area contributed by atoms with Gasteiger partial charge in [0.1, 0.15) is 0 Å². The third-order valence-electron chi connectivity index (χ3n) is 8.75. The molecule has 0 fully saturated rings. The molecule has 3 aliphatic heterocycles. The summed E-state index contributed by atoms with van der Waals surface area (Å²) in [5.74, 6) is 2.29. The van der Waals surface area contributed by atoms with E-state index in [1.54, 1.807) is 7.11 Å². The number of rotatable bonds is 5. The van der Waals surface area contributed by atoms with Crippen LogP contribution in [0, 0.1) is 0 Å². The van der Waals surface area contributed by atoms with E-state index in [0.717, 1.165) is 56.2 Å². The van der Waals surface area contributed by atoms with Crippen LogP contribution in [0.4, 0.5) is 11.4 Å². The van der Waals surface area contributed by atoms with Crippen molar-refractivity contribution in [1.29, 1.82) is 0 Å². The van der Waals surface area contributed by atoms with Crippen molar-refractivity contribution in [3.63, 3.8) is 0 Å². The Morgan fingerprint density at radius 3 is 2.29 bits per heavy atom. The third-order valence-corrected chi connectivity index (χ3v) is 13.9. The molecular weight excluding hydrogens is 536 g/mol. The van der Waals surface area contributed by atoms with Gasteiger partial charge in [0.05, 0.1) is 0 Å². The predicted octanol–water partition coefficient (Wildman–Crippen LogP) is 7.10. The summed E-state index contributed by atoms with van der Waals surface area (Å²) in [5, 5.41) is 0.999. The molecular formula is C36H30N2O3Si. The third kappa shape index (κ3) is 3.04. The summed E-state index contributed by atoms with van der Waals surface area (Å²) in [5.41, 5.74) is 6.35. The SMILES string of the molecule is C=CC[C@H]1c2ccccc2O[Si-]23(c4ccccc4)Oc4cc(OC)ccc4C(c4ccccc4)=[N+]2c2ccccc2N13. The van der Waals surface area contributed by atoms with Gasteiger partial charge >= 0.3 is 246 Å². The standard InChI is InChI=1S/C36H30N2O3Si/c1-3-14-31-29-19-10-13-22-34(29)40-42(28-17-8-5-9-18-28)37(31)32-20-11-12-21-33(32)38(42)36(26-15-6-4-7-16-26)30-24-23-27(39-2)25-35(30)41-42/h3-13,15-25,31H,1,14H2,2H3/t31-/m0/s1. The molecule has 42 heavy (non-hydrogen) atoms. The number of para-hydroxylation sites is 3. The van der Waals surface area contributed by atoms with E-state index in [1.807, 2.05) is 30.3 Å². The molecule has 3 aliphatic rings. The van der Waals surface area contributed by atoms with Crippen LogP contribution in [0.25, 0.3) is 0 Å². The average molecular weight is 567 g/mol. The first-order chi connectivity index (χ1) is 20.7. The molecule has 0 unspecified atom stereocenters. The molecule has 1 spiro atoms. The molecule has 0 radical (unpaired) electrons. The summed E-state index contributed by atoms with van der Waals surface area (Å²) in [6, 6.07) is 44.1. The Kier molecular flexibility index (Phi) is 5.27. The molecule has 5 nitrogen and oxygen atoms in total. The van der Waals surface area contributed by atoms with E-state index in [0.29, 0.717) is 6.42 Å². The molecule has 0 saturated carbocycles. The fraction of sp³-hybridized carbons (Fsp3) is 0.0833. The first-order valence-corrected chi connectivity index (χ1v) is 16.5. The van der Waals surface area contributed by atoms with Crippen molar-refractivity contribution in [1.82, 2.24) is 0 Å². The van der Waals surface area contributed by atoms with Crippen LogP contribution in [-0.2, 0) is 0 Å². The summed E-state index contributed by atoms with van der Waals surface area (Å²) in [4.78, 5) is 0. The van der Waals surface area contributed by atoms with E-state index in [1.165, 1.54) is 0 Å². The summed E-state index contributed by atoms with van der Waals surface area (Å²) in [7, 11) is -3.00. The van der Waals surface area contributed by atoms with Crippen LogP contribution in [0.1, 0.15) is 29.2 Å². The number of benzene rings is 5. The van der Waals surface area contributed by atoms with Gasteiger partial charge in [-0.3, -0.25) is 0 Å². The summed E-state index contributed by atoms with van der Waals surface area (Å²) in [6.07, 6.45) is 2.72. The molecule has 5 aromatic rings. The second kappa shape index (κ2) is 8.96. The number of anilines is 1. The second-order valence-electron chi connectivity index (χ2n) is 10.9. The summed E-state index contributed by atoms with van der Waals surface area (Å²) >= 11 is 0. The van der Waals surface area contributed by atoms with Crippen LogP contribution >= 0.6 is 0 Å². The Balaban J connectivity index is 1.63. The van der Waals surface area contributed by atoms with E-state index in [9.17, 15) is 0 Å². The Bertz CT molecular complexity index is 1910. The van der Waals surface area contributed by atoms with Crippen LogP contribution in [0.5, 0.6) is 17.2 Å². The van der Waals surface area contributed by atoms with Crippen molar-refractivity contribution >= 4 is 30.4 Å². The molecule has 3 heterocycles. The maximum atomic E-state index is 7.68. The van der Waals surface area contributed by atoms with Gasteiger partial charge in [-0.1, -0.05) is 0 Å². The van der Waals surface area contributed by atoms with Gasteiger partial charge < -0.3 is 0 Å². The molecule has 0 bridgehead atoms. The number of methoxy groups -OCH3 is 1. The van der Waals surface area contributed by atoms with Crippen LogP contribution in [-0.4, -0.2) is 25.2 Å². The van der Waals surface area contributed by atoms with Crippen molar-refractivity contribution in [2.45, 2.75) is 12.5 Å². The van der Waals surface area contributed by atoms with Gasteiger partial charge in [-0.05, 0) is 0 Å². The zero-order valence-corrected chi connectivity index (χ0v) is 24.3. The van der Waals surface area contributed by atoms with Gasteiger partial charge in [0.15, 0.2) is 0 Å². The van der Waals surface area contributed by atoms with Gasteiger partial charge in [-0.25, -0.2) is 0 Å². The number of hydrogen-bond acceptors (Lipinski definition) is 4. The zero-order chi connectivity index (χ0) is 28.3. The molecule has 8 rings (SSSR count). The Morgan fingerprint density at radius 2 is 1.50 bits per heavy atom. The molecule has 206 valence electrons. The van der Waals surface area contributed by atoms with E-state index in [-0.39, 0.29) is 6.04 Å². The van der Waals surface area contributed by atoms with Gasteiger partial charge in [0, 0.05) is 0 Å². The topological polar surface area (TPSA) is 33.9 Å². The predicted molar refractivity (Wildman–Crippen MR) is 169 cm³/mol. The van der Waals surface area contributed by atoms with E-state index in [2.05, 4.69) is 119 Å². The Labute approximate surface area is 246 Å². The van der Waals surface area contributed by atoms with Crippen LogP contribution < -0.4 is 23.3 Å². The van der Waals surface area contributed by atoms with Gasteiger partial charge in [-0.15, -0.1) is 0 Å². The van der Waals surface area contributed by atoms with E-state index >= 15 is 0 Å². The summed E-state index contributed by atoms with van der Waals surface area (Å²) in [6.45, 7) is 4.19. The Morgan fingerprint density at radius 1 is 0.810 bits per heavy atom. The van der Waals surface area contributed by atoms with Crippen LogP contribution in [0.2, 0.25) is 0 Å². The molecule has 0 aliphatic carbocycles. The van der Waals surface area contributed by atoms with Crippen molar-refractivity contribution in [2.24, 2.45) is 0 Å². The number of hydrogen-bond donors (Lipinski definition) is 0. The first kappa shape index (κ1) is 24.7. The molecule has 5 aromatic carbocycles. The average Bonchev–Trinajstić information content (AvgIpc) is 3.31. The first-order valence-electron chi connectivity index (χ1n) is 14.3. The molecule has 0 aromatic heterocycles. The number of fused-ring (bicyclic) bond motifs is 5. The molecule has 1 atom stereocenters. The quantitative estimate of drug-likeness (QED) is 0.168. The van der Waals surface area contributed by atoms with Gasteiger partial charge in [0.25, 0.3) is 0 Å². The second-order valence-corrected chi connectivity index (χ2v) is 14.8. The van der Waals surface area contributed by atoms with Crippen LogP contribution in [0.15, 0.2) is 140 Å². The van der Waals surface area contributed by atoms with Crippen LogP contribution in [0.3, 0.4) is 0 Å². The maximum absolute atomic E-state index is 7.68. The monoisotopic (exact) mass is 566 g/mol. The molecule has 0 amide bonds. The van der Waals surface area contributed by atoms with Crippen molar-refractivity contribution in [3.05, 3.63) is 157 Å². The summed E-state index contributed by atoms with van der Waals surface area (Å²) < 4.78 is 25.9. The minimum absolute atomic E-state index is 0.0729. The van der Waals surface area contributed by atoms with Crippen molar-refractivity contribution < 1.29 is 17.8 Å². The molecule has 0 saturated heterocycles. The van der Waals surface area contributed by atoms with E-state index < -0.39 is 8.16 Å². The number of nitrogens with zero attached hydrogens (tertiary/aromatic N) is 2. The van der Waals surface area contributed by atoms with Crippen molar-refractivity contribution in [3.8, 4) is 17.2 Å². The van der Waals surface area contributed by atoms with E-state index in [4.69, 9.17) is 13.6 Å². The molecule has 6 heteroatoms. The fourth-order valence-corrected chi connectivity index (χ4v) is 13.1. The number of ether oxygens (including phenoxy) is 1. The zero-order valence-electron chi connectivity index (χ0n) is 23.3.